The van der Waals surface area contributed by atoms with Crippen molar-refractivity contribution in [3.63, 3.8) is 0 Å². The highest BCUT2D eigenvalue weighted by molar-refractivity contribution is 5.94. The summed E-state index contributed by atoms with van der Waals surface area (Å²) in [5.74, 6) is 0.886. The summed E-state index contributed by atoms with van der Waals surface area (Å²) in [5, 5.41) is 3.28. The Kier molecular flexibility index (Phi) is 4.24. The van der Waals surface area contributed by atoms with Gasteiger partial charge in [0.15, 0.2) is 5.65 Å². The molecule has 1 saturated heterocycles. The monoisotopic (exact) mass is 333 g/mol. The molecule has 0 unspecified atom stereocenters. The standard InChI is InChI=1S/C19H19N5O/c25-19(24-11-1-2-12-24)15-5-3-14(4-6-15)13-22-17-8-7-16-18(23-17)21-10-9-20-16/h3-10H,1-2,11-13H2,(H,21,22,23). The van der Waals surface area contributed by atoms with Gasteiger partial charge in [0.25, 0.3) is 5.91 Å². The summed E-state index contributed by atoms with van der Waals surface area (Å²) in [6, 6.07) is 11.6. The summed E-state index contributed by atoms with van der Waals surface area (Å²) in [7, 11) is 0. The number of pyridine rings is 1. The van der Waals surface area contributed by atoms with Crippen LogP contribution in [-0.4, -0.2) is 38.8 Å². The van der Waals surface area contributed by atoms with Crippen molar-refractivity contribution in [3.8, 4) is 0 Å². The third-order valence-corrected chi connectivity index (χ3v) is 4.40. The molecule has 3 heterocycles. The second kappa shape index (κ2) is 6.84. The number of aromatic nitrogens is 3. The van der Waals surface area contributed by atoms with Crippen LogP contribution in [0.4, 0.5) is 5.82 Å². The van der Waals surface area contributed by atoms with Crippen LogP contribution in [0.2, 0.25) is 0 Å². The van der Waals surface area contributed by atoms with E-state index in [1.54, 1.807) is 12.4 Å². The van der Waals surface area contributed by atoms with Gasteiger partial charge in [-0.2, -0.15) is 0 Å². The van der Waals surface area contributed by atoms with Crippen LogP contribution in [0.5, 0.6) is 0 Å². The van der Waals surface area contributed by atoms with Crippen molar-refractivity contribution in [1.82, 2.24) is 19.9 Å². The van der Waals surface area contributed by atoms with E-state index in [2.05, 4.69) is 20.3 Å². The first-order chi connectivity index (χ1) is 12.3. The van der Waals surface area contributed by atoms with Gasteiger partial charge in [-0.3, -0.25) is 9.78 Å². The summed E-state index contributed by atoms with van der Waals surface area (Å²) in [5.41, 5.74) is 3.25. The average Bonchev–Trinajstić information content (AvgIpc) is 3.21. The Morgan fingerprint density at radius 1 is 1.00 bits per heavy atom. The topological polar surface area (TPSA) is 71.0 Å². The van der Waals surface area contributed by atoms with Gasteiger partial charge in [0, 0.05) is 37.6 Å². The second-order valence-electron chi connectivity index (χ2n) is 6.15. The molecule has 1 N–H and O–H groups in total. The zero-order valence-corrected chi connectivity index (χ0v) is 13.9. The van der Waals surface area contributed by atoms with Crippen molar-refractivity contribution in [1.29, 1.82) is 0 Å². The lowest BCUT2D eigenvalue weighted by molar-refractivity contribution is 0.0793. The SMILES string of the molecule is O=C(c1ccc(CNc2ccc3nccnc3n2)cc1)N1CCCC1. The zero-order chi connectivity index (χ0) is 17.1. The molecule has 0 bridgehead atoms. The van der Waals surface area contributed by atoms with Crippen LogP contribution in [0, 0.1) is 0 Å². The minimum atomic E-state index is 0.131. The van der Waals surface area contributed by atoms with Crippen molar-refractivity contribution in [2.75, 3.05) is 18.4 Å². The van der Waals surface area contributed by atoms with E-state index >= 15 is 0 Å². The van der Waals surface area contributed by atoms with E-state index in [1.807, 2.05) is 41.3 Å². The molecule has 126 valence electrons. The fourth-order valence-corrected chi connectivity index (χ4v) is 3.01. The maximum atomic E-state index is 12.3. The molecule has 3 aromatic rings. The van der Waals surface area contributed by atoms with Gasteiger partial charge in [0.1, 0.15) is 11.3 Å². The van der Waals surface area contributed by atoms with Crippen LogP contribution in [0.25, 0.3) is 11.2 Å². The molecule has 1 amide bonds. The third kappa shape index (κ3) is 3.42. The molecule has 2 aromatic heterocycles. The highest BCUT2D eigenvalue weighted by atomic mass is 16.2. The van der Waals surface area contributed by atoms with Gasteiger partial charge in [-0.1, -0.05) is 12.1 Å². The smallest absolute Gasteiger partial charge is 0.253 e. The number of nitrogens with one attached hydrogen (secondary N) is 1. The van der Waals surface area contributed by atoms with Crippen molar-refractivity contribution in [3.05, 3.63) is 59.9 Å². The zero-order valence-electron chi connectivity index (χ0n) is 13.9. The highest BCUT2D eigenvalue weighted by Crippen LogP contribution is 2.15. The molecule has 0 saturated carbocycles. The number of anilines is 1. The van der Waals surface area contributed by atoms with Crippen LogP contribution in [0.15, 0.2) is 48.8 Å². The number of fused-ring (bicyclic) bond motifs is 1. The maximum absolute atomic E-state index is 12.3. The Morgan fingerprint density at radius 2 is 1.76 bits per heavy atom. The molecule has 4 rings (SSSR count). The lowest BCUT2D eigenvalue weighted by Crippen LogP contribution is -2.27. The molecule has 0 spiro atoms. The van der Waals surface area contributed by atoms with Gasteiger partial charge in [-0.15, -0.1) is 0 Å². The van der Waals surface area contributed by atoms with E-state index in [4.69, 9.17) is 0 Å². The molecule has 6 nitrogen and oxygen atoms in total. The molecule has 0 atom stereocenters. The normalized spacial score (nSPS) is 14.0. The number of amides is 1. The van der Waals surface area contributed by atoms with E-state index < -0.39 is 0 Å². The van der Waals surface area contributed by atoms with Crippen molar-refractivity contribution in [2.45, 2.75) is 19.4 Å². The van der Waals surface area contributed by atoms with Crippen molar-refractivity contribution >= 4 is 22.9 Å². The second-order valence-corrected chi connectivity index (χ2v) is 6.15. The summed E-state index contributed by atoms with van der Waals surface area (Å²) in [6.07, 6.45) is 5.51. The molecule has 1 fully saturated rings. The Labute approximate surface area is 145 Å². The van der Waals surface area contributed by atoms with E-state index in [1.165, 1.54) is 0 Å². The number of hydrogen-bond donors (Lipinski definition) is 1. The number of nitrogens with zero attached hydrogens (tertiary/aromatic N) is 4. The van der Waals surface area contributed by atoms with E-state index in [0.717, 1.165) is 48.4 Å². The molecule has 0 aliphatic carbocycles. The Morgan fingerprint density at radius 3 is 2.56 bits per heavy atom. The molecule has 25 heavy (non-hydrogen) atoms. The van der Waals surface area contributed by atoms with Gasteiger partial charge < -0.3 is 10.2 Å². The number of rotatable bonds is 4. The number of likely N-dealkylation sites (tertiary alicyclic amines) is 1. The highest BCUT2D eigenvalue weighted by Gasteiger charge is 2.19. The predicted molar refractivity (Wildman–Crippen MR) is 96.2 cm³/mol. The first-order valence-electron chi connectivity index (χ1n) is 8.49. The first-order valence-corrected chi connectivity index (χ1v) is 8.49. The summed E-state index contributed by atoms with van der Waals surface area (Å²) < 4.78 is 0. The fourth-order valence-electron chi connectivity index (χ4n) is 3.01. The summed E-state index contributed by atoms with van der Waals surface area (Å²) >= 11 is 0. The minimum absolute atomic E-state index is 0.131. The summed E-state index contributed by atoms with van der Waals surface area (Å²) in [4.78, 5) is 27.1. The largest absolute Gasteiger partial charge is 0.366 e. The van der Waals surface area contributed by atoms with Crippen LogP contribution < -0.4 is 5.32 Å². The Bertz CT molecular complexity index is 888. The molecule has 0 radical (unpaired) electrons. The lowest BCUT2D eigenvalue weighted by Gasteiger charge is -2.15. The quantitative estimate of drug-likeness (QED) is 0.795. The van der Waals surface area contributed by atoms with Gasteiger partial charge in [0.2, 0.25) is 0 Å². The van der Waals surface area contributed by atoms with Gasteiger partial charge >= 0.3 is 0 Å². The minimum Gasteiger partial charge on any atom is -0.366 e. The van der Waals surface area contributed by atoms with Crippen LogP contribution >= 0.6 is 0 Å². The lowest BCUT2D eigenvalue weighted by atomic mass is 10.1. The van der Waals surface area contributed by atoms with E-state index in [9.17, 15) is 4.79 Å². The predicted octanol–water partition coefficient (Wildman–Crippen LogP) is 2.87. The number of hydrogen-bond acceptors (Lipinski definition) is 5. The van der Waals surface area contributed by atoms with Crippen LogP contribution in [0.3, 0.4) is 0 Å². The third-order valence-electron chi connectivity index (χ3n) is 4.40. The number of carbonyl (C=O) groups excluding carboxylic acids is 1. The van der Waals surface area contributed by atoms with E-state index in [0.29, 0.717) is 12.2 Å². The Balaban J connectivity index is 1.41. The van der Waals surface area contributed by atoms with Crippen molar-refractivity contribution in [2.24, 2.45) is 0 Å². The maximum Gasteiger partial charge on any atom is 0.253 e. The molecular weight excluding hydrogens is 314 g/mol. The Hall–Kier alpha value is -3.02. The average molecular weight is 333 g/mol. The van der Waals surface area contributed by atoms with E-state index in [-0.39, 0.29) is 5.91 Å². The fraction of sp³-hybridized carbons (Fsp3) is 0.263. The van der Waals surface area contributed by atoms with Crippen LogP contribution in [-0.2, 0) is 6.54 Å². The molecular formula is C19H19N5O. The molecule has 6 heteroatoms. The van der Waals surface area contributed by atoms with Gasteiger partial charge in [-0.05, 0) is 42.7 Å². The first kappa shape index (κ1) is 15.5. The summed E-state index contributed by atoms with van der Waals surface area (Å²) in [6.45, 7) is 2.38. The molecule has 1 aromatic carbocycles. The number of carbonyl (C=O) groups is 1. The molecule has 1 aliphatic heterocycles. The van der Waals surface area contributed by atoms with Crippen LogP contribution in [0.1, 0.15) is 28.8 Å². The number of benzene rings is 1. The van der Waals surface area contributed by atoms with Gasteiger partial charge in [-0.25, -0.2) is 9.97 Å². The molecule has 1 aliphatic rings. The van der Waals surface area contributed by atoms with Crippen molar-refractivity contribution < 1.29 is 4.79 Å². The van der Waals surface area contributed by atoms with Gasteiger partial charge in [0.05, 0.1) is 0 Å².